The molecule has 1 unspecified atom stereocenters. The number of imide groups is 1. The number of pyridine rings is 1. The van der Waals surface area contributed by atoms with Crippen molar-refractivity contribution in [3.05, 3.63) is 59.9 Å². The van der Waals surface area contributed by atoms with Crippen LogP contribution >= 0.6 is 0 Å². The van der Waals surface area contributed by atoms with Crippen LogP contribution in [0.1, 0.15) is 104 Å². The highest BCUT2D eigenvalue weighted by molar-refractivity contribution is 6.06. The fourth-order valence-electron chi connectivity index (χ4n) is 5.62. The maximum atomic E-state index is 11.3. The highest BCUT2D eigenvalue weighted by atomic mass is 16.7. The van der Waals surface area contributed by atoms with E-state index in [4.69, 9.17) is 10.5 Å². The van der Waals surface area contributed by atoms with Crippen LogP contribution in [-0.4, -0.2) is 112 Å². The number of benzene rings is 2. The van der Waals surface area contributed by atoms with Crippen molar-refractivity contribution in [2.75, 3.05) is 38.2 Å². The molecule has 3 heterocycles. The molecular formula is C46H71N9O10. The normalized spacial score (nSPS) is 12.0. The fraction of sp³-hybridized carbons (Fsp3) is 0.500. The number of amides is 3. The number of nitrogen functional groups attached to an aromatic ring is 1. The largest absolute Gasteiger partial charge is 0.389 e. The molecular weight excluding hydrogens is 839 g/mol. The van der Waals surface area contributed by atoms with E-state index in [1.807, 2.05) is 42.7 Å². The van der Waals surface area contributed by atoms with Gasteiger partial charge in [0.15, 0.2) is 5.82 Å². The van der Waals surface area contributed by atoms with E-state index in [1.165, 1.54) is 12.0 Å². The number of unbranched alkanes of at least 4 members (excludes halogenated alkanes) is 3. The number of rotatable bonds is 18. The number of carbonyl (C=O) groups excluding carboxylic acids is 7. The molecule has 0 aliphatic carbocycles. The molecule has 2 aromatic carbocycles. The predicted molar refractivity (Wildman–Crippen MR) is 252 cm³/mol. The van der Waals surface area contributed by atoms with E-state index in [9.17, 15) is 39.0 Å². The summed E-state index contributed by atoms with van der Waals surface area (Å²) in [5.74, 6) is -0.889. The molecule has 1 aliphatic rings. The summed E-state index contributed by atoms with van der Waals surface area (Å²) in [5.41, 5.74) is 9.67. The van der Waals surface area contributed by atoms with Crippen LogP contribution in [0.15, 0.2) is 48.5 Å². The lowest BCUT2D eigenvalue weighted by molar-refractivity contribution is -0.197. The molecule has 19 nitrogen and oxygen atoms in total. The number of hydroxylamine groups is 2. The predicted octanol–water partition coefficient (Wildman–Crippen LogP) is 4.15. The van der Waals surface area contributed by atoms with Gasteiger partial charge >= 0.3 is 5.97 Å². The second-order valence-electron chi connectivity index (χ2n) is 15.1. The summed E-state index contributed by atoms with van der Waals surface area (Å²) in [6, 6.07) is 15.7. The number of aromatic nitrogens is 3. The van der Waals surface area contributed by atoms with Crippen LogP contribution < -0.4 is 27.0 Å². The molecule has 4 aromatic rings. The van der Waals surface area contributed by atoms with Gasteiger partial charge in [-0.05, 0) is 71.0 Å². The number of likely N-dealkylation sites (N-methyl/N-ethyl adjacent to an activating group) is 1. The third-order valence-electron chi connectivity index (χ3n) is 8.53. The number of nitrogens with one attached hydrogen (secondary N) is 4. The van der Waals surface area contributed by atoms with Crippen LogP contribution in [0.25, 0.3) is 21.9 Å². The minimum atomic E-state index is -0.934. The first-order valence-electron chi connectivity index (χ1n) is 21.6. The molecule has 1 atom stereocenters. The second-order valence-corrected chi connectivity index (χ2v) is 15.1. The van der Waals surface area contributed by atoms with Gasteiger partial charge in [0.05, 0.1) is 35.8 Å². The lowest BCUT2D eigenvalue weighted by Gasteiger charge is -2.20. The van der Waals surface area contributed by atoms with E-state index in [1.54, 1.807) is 27.8 Å². The van der Waals surface area contributed by atoms with Crippen molar-refractivity contribution in [1.29, 1.82) is 0 Å². The van der Waals surface area contributed by atoms with Crippen LogP contribution in [0.2, 0.25) is 0 Å². The van der Waals surface area contributed by atoms with Gasteiger partial charge in [0, 0.05) is 50.3 Å². The zero-order valence-electron chi connectivity index (χ0n) is 39.3. The third-order valence-corrected chi connectivity index (χ3v) is 8.53. The summed E-state index contributed by atoms with van der Waals surface area (Å²) >= 11 is 0. The zero-order chi connectivity index (χ0) is 49.4. The number of nitrogens with zero attached hydrogens (tertiary/aromatic N) is 4. The summed E-state index contributed by atoms with van der Waals surface area (Å²) in [4.78, 5) is 85.6. The molecule has 0 saturated carbocycles. The first-order chi connectivity index (χ1) is 31.0. The van der Waals surface area contributed by atoms with Gasteiger partial charge in [-0.3, -0.25) is 14.4 Å². The van der Waals surface area contributed by atoms with Gasteiger partial charge in [-0.15, -0.1) is 5.06 Å². The van der Waals surface area contributed by atoms with Gasteiger partial charge < -0.3 is 61.0 Å². The minimum absolute atomic E-state index is 0.103. The molecule has 0 radical (unpaired) electrons. The highest BCUT2D eigenvalue weighted by Gasteiger charge is 2.32. The summed E-state index contributed by atoms with van der Waals surface area (Å²) in [6.07, 6.45) is 5.68. The highest BCUT2D eigenvalue weighted by Crippen LogP contribution is 2.30. The monoisotopic (exact) mass is 910 g/mol. The van der Waals surface area contributed by atoms with Crippen molar-refractivity contribution in [3.63, 3.8) is 0 Å². The van der Waals surface area contributed by atoms with E-state index >= 15 is 0 Å². The smallest absolute Gasteiger partial charge is 0.333 e. The maximum absolute atomic E-state index is 11.3. The van der Waals surface area contributed by atoms with Gasteiger partial charge in [0.25, 0.3) is 11.8 Å². The number of anilines is 2. The van der Waals surface area contributed by atoms with Crippen LogP contribution in [0.5, 0.6) is 0 Å². The number of carbonyl (C=O) groups is 7. The lowest BCUT2D eigenvalue weighted by atomic mass is 10.1. The Bertz CT molecular complexity index is 2020. The first-order valence-corrected chi connectivity index (χ1v) is 21.6. The average molecular weight is 910 g/mol. The molecule has 1 aliphatic heterocycles. The molecule has 360 valence electrons. The van der Waals surface area contributed by atoms with Crippen molar-refractivity contribution >= 4 is 76.5 Å². The quantitative estimate of drug-likeness (QED) is 0.0420. The average Bonchev–Trinajstić information content (AvgIpc) is 3.81. The van der Waals surface area contributed by atoms with Crippen molar-refractivity contribution in [2.24, 2.45) is 0 Å². The van der Waals surface area contributed by atoms with Gasteiger partial charge in [-0.25, -0.2) is 14.8 Å². The SMILES string of the molecule is C=O.CC(C)(O)Cn1c(CO)nc2c(N)nc3ccccc3c21.CCC.CCNCc1ccc(NC)cc1.CNCC(=O)NC(C)C=O.O=CCCCCCC(=O)ON1C(=O)CCC1=O. The Labute approximate surface area is 382 Å². The van der Waals surface area contributed by atoms with Gasteiger partial charge in [-0.1, -0.05) is 63.9 Å². The van der Waals surface area contributed by atoms with Crippen molar-refractivity contribution in [2.45, 2.75) is 124 Å². The van der Waals surface area contributed by atoms with Crippen molar-refractivity contribution < 1.29 is 48.6 Å². The molecule has 5 rings (SSSR count). The number of aliphatic hydroxyl groups is 2. The molecule has 2 aromatic heterocycles. The van der Waals surface area contributed by atoms with E-state index in [0.717, 1.165) is 54.3 Å². The van der Waals surface area contributed by atoms with E-state index in [2.05, 4.69) is 81.1 Å². The zero-order valence-corrected chi connectivity index (χ0v) is 39.3. The van der Waals surface area contributed by atoms with Gasteiger partial charge in [0.1, 0.15) is 37.3 Å². The number of hydrogen-bond donors (Lipinski definition) is 7. The number of para-hydroxylation sites is 1. The molecule has 0 bridgehead atoms. The first kappa shape index (κ1) is 58.9. The standard InChI is InChI=1S/C15H18N4O2.C11H15NO5.C10H16N2.C6H12N2O2.C3H8.CH2O/c1-15(2,21)8-19-11(7-20)18-12-13(19)9-5-3-4-6-10(9)17-14(12)16;13-8-4-2-1-3-5-11(16)17-12-9(14)6-7-10(12)15;1-3-12-8-9-4-6-10(11-2)7-5-9;1-5(4-9)8-6(10)3-7-2;1-3-2;1-2/h3-6,20-21H,7-8H2,1-2H3,(H2,16,17);8H,1-7H2;4-7,11-12H,3,8H2,1-2H3;4-5,7H,3H2,1-2H3,(H,8,10);3H2,1-2H3;1H2. The van der Waals surface area contributed by atoms with Gasteiger partial charge in [0.2, 0.25) is 5.91 Å². The molecule has 3 amide bonds. The summed E-state index contributed by atoms with van der Waals surface area (Å²) < 4.78 is 1.82. The summed E-state index contributed by atoms with van der Waals surface area (Å²) in [6.45, 7) is 15.7. The Morgan fingerprint density at radius 2 is 1.58 bits per heavy atom. The Hall–Kier alpha value is -6.15. The Kier molecular flexibility index (Phi) is 30.2. The molecule has 19 heteroatoms. The number of aliphatic hydroxyl groups excluding tert-OH is 1. The number of hydrogen-bond acceptors (Lipinski definition) is 16. The molecule has 8 N–H and O–H groups in total. The molecule has 0 spiro atoms. The van der Waals surface area contributed by atoms with Gasteiger partial charge in [-0.2, -0.15) is 0 Å². The lowest BCUT2D eigenvalue weighted by Crippen LogP contribution is -2.38. The molecule has 1 saturated heterocycles. The van der Waals surface area contributed by atoms with Crippen LogP contribution in [-0.2, 0) is 58.1 Å². The van der Waals surface area contributed by atoms with Crippen LogP contribution in [0, 0.1) is 0 Å². The molecule has 1 fully saturated rings. The molecule has 65 heavy (non-hydrogen) atoms. The Morgan fingerprint density at radius 3 is 2.11 bits per heavy atom. The number of imidazole rings is 1. The summed E-state index contributed by atoms with van der Waals surface area (Å²) in [5, 5.41) is 32.6. The van der Waals surface area contributed by atoms with E-state index in [-0.39, 0.29) is 44.4 Å². The van der Waals surface area contributed by atoms with Crippen LogP contribution in [0.3, 0.4) is 0 Å². The van der Waals surface area contributed by atoms with E-state index in [0.29, 0.717) is 47.9 Å². The second kappa shape index (κ2) is 33.4. The number of nitrogens with two attached hydrogens (primary N) is 1. The Balaban J connectivity index is 0.000000842. The third kappa shape index (κ3) is 22.9. The Morgan fingerprint density at radius 1 is 0.969 bits per heavy atom. The topological polar surface area (TPSA) is 277 Å². The minimum Gasteiger partial charge on any atom is -0.389 e. The maximum Gasteiger partial charge on any atom is 0.333 e. The number of aldehydes is 2. The summed E-state index contributed by atoms with van der Waals surface area (Å²) in [7, 11) is 3.60. The number of fused-ring (bicyclic) bond motifs is 3. The van der Waals surface area contributed by atoms with E-state index < -0.39 is 23.4 Å². The van der Waals surface area contributed by atoms with Crippen molar-refractivity contribution in [3.8, 4) is 0 Å². The van der Waals surface area contributed by atoms with Crippen LogP contribution in [0.4, 0.5) is 11.5 Å². The fourth-order valence-corrected chi connectivity index (χ4v) is 5.62. The van der Waals surface area contributed by atoms with Crippen molar-refractivity contribution in [1.82, 2.24) is 35.5 Å².